The van der Waals surface area contributed by atoms with Crippen molar-refractivity contribution in [2.75, 3.05) is 26.4 Å². The van der Waals surface area contributed by atoms with Crippen LogP contribution in [-0.2, 0) is 19.0 Å². The summed E-state index contributed by atoms with van der Waals surface area (Å²) in [4.78, 5) is 11.6. The molecule has 1 N–H and O–H groups in total. The minimum atomic E-state index is -0.261. The van der Waals surface area contributed by atoms with Crippen LogP contribution in [0.2, 0.25) is 0 Å². The minimum Gasteiger partial charge on any atom is -0.465 e. The lowest BCUT2D eigenvalue weighted by Gasteiger charge is -2.18. The van der Waals surface area contributed by atoms with E-state index in [4.69, 9.17) is 19.3 Å². The molecule has 157 valence electrons. The Morgan fingerprint density at radius 1 is 1.00 bits per heavy atom. The SMILES string of the molecule is [CH2]C(CO)COC(=O)CCCCC(OCC/C=C\CC)OCC/C=C\CC. The fourth-order valence-corrected chi connectivity index (χ4v) is 2.23. The molecule has 0 saturated heterocycles. The van der Waals surface area contributed by atoms with Gasteiger partial charge in [-0.2, -0.15) is 0 Å². The summed E-state index contributed by atoms with van der Waals surface area (Å²) in [5, 5.41) is 8.87. The van der Waals surface area contributed by atoms with Crippen LogP contribution in [-0.4, -0.2) is 43.8 Å². The molecule has 1 unspecified atom stereocenters. The van der Waals surface area contributed by atoms with E-state index >= 15 is 0 Å². The van der Waals surface area contributed by atoms with Crippen molar-refractivity contribution >= 4 is 5.97 Å². The summed E-state index contributed by atoms with van der Waals surface area (Å²) in [6.45, 7) is 9.26. The third kappa shape index (κ3) is 18.0. The first-order valence-corrected chi connectivity index (χ1v) is 10.3. The molecule has 0 aromatic carbocycles. The number of hydrogen-bond acceptors (Lipinski definition) is 5. The predicted octanol–water partition coefficient (Wildman–Crippen LogP) is 4.60. The van der Waals surface area contributed by atoms with Crippen molar-refractivity contribution in [2.45, 2.75) is 71.5 Å². The Morgan fingerprint density at radius 2 is 1.59 bits per heavy atom. The lowest BCUT2D eigenvalue weighted by molar-refractivity contribution is -0.148. The molecule has 0 spiro atoms. The minimum absolute atomic E-state index is 0.0788. The Bertz CT molecular complexity index is 372. The number of hydrogen-bond donors (Lipinski definition) is 1. The van der Waals surface area contributed by atoms with Crippen LogP contribution in [0.4, 0.5) is 0 Å². The molecule has 0 amide bonds. The first kappa shape index (κ1) is 25.8. The average molecular weight is 384 g/mol. The number of allylic oxidation sites excluding steroid dienone is 2. The van der Waals surface area contributed by atoms with E-state index in [1.165, 1.54) is 0 Å². The summed E-state index contributed by atoms with van der Waals surface area (Å²) in [5.41, 5.74) is 0. The Kier molecular flexibility index (Phi) is 18.7. The molecule has 0 aromatic heterocycles. The number of carbonyl (C=O) groups excluding carboxylic acids is 1. The van der Waals surface area contributed by atoms with Crippen molar-refractivity contribution in [3.8, 4) is 0 Å². The second-order valence-corrected chi connectivity index (χ2v) is 6.49. The second kappa shape index (κ2) is 19.6. The monoisotopic (exact) mass is 383 g/mol. The molecular formula is C22H39O5. The van der Waals surface area contributed by atoms with Gasteiger partial charge in [-0.3, -0.25) is 4.79 Å². The second-order valence-electron chi connectivity index (χ2n) is 6.49. The van der Waals surface area contributed by atoms with Gasteiger partial charge in [-0.15, -0.1) is 0 Å². The van der Waals surface area contributed by atoms with Crippen molar-refractivity contribution in [1.29, 1.82) is 0 Å². The van der Waals surface area contributed by atoms with Crippen molar-refractivity contribution in [3.63, 3.8) is 0 Å². The van der Waals surface area contributed by atoms with Crippen LogP contribution in [0.1, 0.15) is 65.2 Å². The highest BCUT2D eigenvalue weighted by atomic mass is 16.7. The van der Waals surface area contributed by atoms with Gasteiger partial charge in [-0.1, -0.05) is 38.2 Å². The quantitative estimate of drug-likeness (QED) is 0.162. The fraction of sp³-hybridized carbons (Fsp3) is 0.727. The van der Waals surface area contributed by atoms with E-state index in [2.05, 4.69) is 45.1 Å². The Balaban J connectivity index is 4.03. The first-order chi connectivity index (χ1) is 13.1. The summed E-state index contributed by atoms with van der Waals surface area (Å²) >= 11 is 0. The zero-order chi connectivity index (χ0) is 20.2. The molecule has 0 rings (SSSR count). The maximum absolute atomic E-state index is 11.6. The molecule has 27 heavy (non-hydrogen) atoms. The molecule has 0 aliphatic rings. The van der Waals surface area contributed by atoms with Crippen molar-refractivity contribution < 1.29 is 24.1 Å². The van der Waals surface area contributed by atoms with Gasteiger partial charge in [-0.25, -0.2) is 0 Å². The van der Waals surface area contributed by atoms with E-state index in [0.717, 1.165) is 44.9 Å². The molecular weight excluding hydrogens is 344 g/mol. The van der Waals surface area contributed by atoms with E-state index < -0.39 is 0 Å². The highest BCUT2D eigenvalue weighted by Gasteiger charge is 2.11. The molecule has 5 heteroatoms. The molecule has 0 bridgehead atoms. The molecule has 5 nitrogen and oxygen atoms in total. The third-order valence-electron chi connectivity index (χ3n) is 3.79. The number of esters is 1. The van der Waals surface area contributed by atoms with E-state index in [9.17, 15) is 4.79 Å². The summed E-state index contributed by atoms with van der Waals surface area (Å²) in [7, 11) is 0. The van der Waals surface area contributed by atoms with E-state index in [1.807, 2.05) is 0 Å². The van der Waals surface area contributed by atoms with Crippen molar-refractivity contribution in [1.82, 2.24) is 0 Å². The smallest absolute Gasteiger partial charge is 0.305 e. The molecule has 0 aliphatic heterocycles. The molecule has 0 saturated carbocycles. The van der Waals surface area contributed by atoms with Gasteiger partial charge < -0.3 is 19.3 Å². The molecule has 0 aliphatic carbocycles. The highest BCUT2D eigenvalue weighted by Crippen LogP contribution is 2.11. The number of rotatable bonds is 18. The van der Waals surface area contributed by atoms with Gasteiger partial charge in [0.25, 0.3) is 0 Å². The Morgan fingerprint density at radius 3 is 2.11 bits per heavy atom. The van der Waals surface area contributed by atoms with E-state index in [-0.39, 0.29) is 31.4 Å². The molecule has 0 heterocycles. The average Bonchev–Trinajstić information content (AvgIpc) is 2.68. The third-order valence-corrected chi connectivity index (χ3v) is 3.79. The number of carbonyl (C=O) groups is 1. The van der Waals surface area contributed by atoms with E-state index in [1.54, 1.807) is 0 Å². The van der Waals surface area contributed by atoms with Crippen LogP contribution in [0.25, 0.3) is 0 Å². The predicted molar refractivity (Wildman–Crippen MR) is 109 cm³/mol. The summed E-state index contributed by atoms with van der Waals surface area (Å²) in [6.07, 6.45) is 14.8. The topological polar surface area (TPSA) is 65.0 Å². The molecule has 1 radical (unpaired) electrons. The highest BCUT2D eigenvalue weighted by molar-refractivity contribution is 5.69. The zero-order valence-electron chi connectivity index (χ0n) is 17.2. The van der Waals surface area contributed by atoms with Crippen LogP contribution in [0.3, 0.4) is 0 Å². The zero-order valence-corrected chi connectivity index (χ0v) is 17.2. The number of aliphatic hydroxyl groups is 1. The van der Waals surface area contributed by atoms with Gasteiger partial charge >= 0.3 is 5.97 Å². The van der Waals surface area contributed by atoms with Gasteiger partial charge in [0.05, 0.1) is 19.8 Å². The lowest BCUT2D eigenvalue weighted by Crippen LogP contribution is -2.19. The number of unbranched alkanes of at least 4 members (excludes halogenated alkanes) is 1. The number of ether oxygens (including phenoxy) is 3. The van der Waals surface area contributed by atoms with Gasteiger partial charge in [0.15, 0.2) is 6.29 Å². The van der Waals surface area contributed by atoms with Crippen LogP contribution in [0, 0.1) is 12.8 Å². The maximum atomic E-state index is 11.6. The largest absolute Gasteiger partial charge is 0.465 e. The summed E-state index contributed by atoms with van der Waals surface area (Å²) in [5.74, 6) is -0.506. The standard InChI is InChI=1S/C22H39O5/c1-4-6-8-12-16-25-22(26-17-13-9-7-5-2)15-11-10-14-21(24)27-19-20(3)18-23/h6-9,20,22-23H,3-5,10-19H2,1-2H3/b8-6-,9-7-. The summed E-state index contributed by atoms with van der Waals surface area (Å²) < 4.78 is 16.8. The van der Waals surface area contributed by atoms with Crippen LogP contribution in [0.5, 0.6) is 0 Å². The van der Waals surface area contributed by atoms with Crippen LogP contribution >= 0.6 is 0 Å². The van der Waals surface area contributed by atoms with Gasteiger partial charge in [0.2, 0.25) is 0 Å². The lowest BCUT2D eigenvalue weighted by atomic mass is 10.2. The van der Waals surface area contributed by atoms with E-state index in [0.29, 0.717) is 19.6 Å². The fourth-order valence-electron chi connectivity index (χ4n) is 2.23. The number of aliphatic hydroxyl groups excluding tert-OH is 1. The Labute approximate surface area is 165 Å². The van der Waals surface area contributed by atoms with Crippen molar-refractivity contribution in [3.05, 3.63) is 31.2 Å². The van der Waals surface area contributed by atoms with Crippen molar-refractivity contribution in [2.24, 2.45) is 5.92 Å². The molecule has 1 atom stereocenters. The van der Waals surface area contributed by atoms with Crippen LogP contribution in [0.15, 0.2) is 24.3 Å². The molecule has 0 aromatic rings. The van der Waals surface area contributed by atoms with Gasteiger partial charge in [0.1, 0.15) is 0 Å². The maximum Gasteiger partial charge on any atom is 0.305 e. The first-order valence-electron chi connectivity index (χ1n) is 10.3. The van der Waals surface area contributed by atoms with Gasteiger partial charge in [-0.05, 0) is 51.9 Å². The van der Waals surface area contributed by atoms with Gasteiger partial charge in [0, 0.05) is 18.9 Å². The summed E-state index contributed by atoms with van der Waals surface area (Å²) in [6, 6.07) is 0. The normalized spacial score (nSPS) is 13.1. The molecule has 0 fully saturated rings. The van der Waals surface area contributed by atoms with Crippen LogP contribution < -0.4 is 0 Å². The Hall–Kier alpha value is -1.17.